The molecular formula is C11H14BrNO. The molecule has 0 radical (unpaired) electrons. The molecule has 0 bridgehead atoms. The van der Waals surface area contributed by atoms with E-state index in [9.17, 15) is 5.11 Å². The second-order valence-electron chi connectivity index (χ2n) is 3.94. The molecule has 1 aromatic rings. The van der Waals surface area contributed by atoms with Crippen LogP contribution in [0.4, 0.5) is 0 Å². The predicted molar refractivity (Wildman–Crippen MR) is 60.3 cm³/mol. The zero-order valence-electron chi connectivity index (χ0n) is 8.18. The van der Waals surface area contributed by atoms with Crippen LogP contribution in [-0.4, -0.2) is 18.2 Å². The maximum atomic E-state index is 10.4. The largest absolute Gasteiger partial charge is 0.384 e. The van der Waals surface area contributed by atoms with Gasteiger partial charge in [0.2, 0.25) is 0 Å². The topological polar surface area (TPSA) is 32.3 Å². The highest BCUT2D eigenvalue weighted by atomic mass is 79.9. The van der Waals surface area contributed by atoms with Crippen LogP contribution in [0.1, 0.15) is 17.5 Å². The number of β-amino-alcohol motifs (C(OH)–C–C–N with tert-alkyl or cyclic N) is 1. The third kappa shape index (κ3) is 1.72. The molecular weight excluding hydrogens is 242 g/mol. The summed E-state index contributed by atoms with van der Waals surface area (Å²) in [5, 5.41) is 13.6. The van der Waals surface area contributed by atoms with E-state index in [1.807, 2.05) is 19.1 Å². The molecule has 1 atom stereocenters. The predicted octanol–water partition coefficient (Wildman–Crippen LogP) is 1.94. The highest BCUT2D eigenvalue weighted by molar-refractivity contribution is 9.10. The molecule has 2 nitrogen and oxygen atoms in total. The lowest BCUT2D eigenvalue weighted by Gasteiger charge is -2.23. The van der Waals surface area contributed by atoms with Gasteiger partial charge in [-0.05, 0) is 31.5 Å². The molecule has 2 rings (SSSR count). The first-order valence-corrected chi connectivity index (χ1v) is 5.61. The van der Waals surface area contributed by atoms with Gasteiger partial charge in [0.05, 0.1) is 0 Å². The maximum Gasteiger partial charge on any atom is 0.104 e. The van der Waals surface area contributed by atoms with Gasteiger partial charge in [-0.25, -0.2) is 0 Å². The molecule has 0 aromatic heterocycles. The molecule has 14 heavy (non-hydrogen) atoms. The number of benzene rings is 1. The van der Waals surface area contributed by atoms with E-state index in [0.717, 1.165) is 23.0 Å². The standard InChI is InChI=1S/C11H14BrNO/c1-8-2-3-10(12)9(6-8)11(14)4-5-13-7-11/h2-3,6,13-14H,4-5,7H2,1H3. The molecule has 3 heteroatoms. The molecule has 1 unspecified atom stereocenters. The van der Waals surface area contributed by atoms with Gasteiger partial charge in [0, 0.05) is 11.0 Å². The minimum atomic E-state index is -0.690. The highest BCUT2D eigenvalue weighted by Crippen LogP contribution is 2.33. The van der Waals surface area contributed by atoms with Gasteiger partial charge in [0.25, 0.3) is 0 Å². The van der Waals surface area contributed by atoms with E-state index >= 15 is 0 Å². The zero-order valence-corrected chi connectivity index (χ0v) is 9.76. The summed E-state index contributed by atoms with van der Waals surface area (Å²) >= 11 is 3.49. The summed E-state index contributed by atoms with van der Waals surface area (Å²) in [6, 6.07) is 6.09. The highest BCUT2D eigenvalue weighted by Gasteiger charge is 2.34. The Morgan fingerprint density at radius 2 is 2.29 bits per heavy atom. The number of nitrogens with one attached hydrogen (secondary N) is 1. The van der Waals surface area contributed by atoms with E-state index in [-0.39, 0.29) is 0 Å². The van der Waals surface area contributed by atoms with Gasteiger partial charge < -0.3 is 10.4 Å². The molecule has 1 fully saturated rings. The molecule has 0 saturated carbocycles. The van der Waals surface area contributed by atoms with E-state index in [2.05, 4.69) is 27.3 Å². The lowest BCUT2D eigenvalue weighted by atomic mass is 9.92. The summed E-state index contributed by atoms with van der Waals surface area (Å²) < 4.78 is 0.995. The van der Waals surface area contributed by atoms with Crippen LogP contribution in [0.15, 0.2) is 22.7 Å². The third-order valence-electron chi connectivity index (χ3n) is 2.76. The molecule has 1 heterocycles. The summed E-state index contributed by atoms with van der Waals surface area (Å²) in [5.74, 6) is 0. The smallest absolute Gasteiger partial charge is 0.104 e. The SMILES string of the molecule is Cc1ccc(Br)c(C2(O)CCNC2)c1. The monoisotopic (exact) mass is 255 g/mol. The Hall–Kier alpha value is -0.380. The fraction of sp³-hybridized carbons (Fsp3) is 0.455. The van der Waals surface area contributed by atoms with Gasteiger partial charge in [-0.15, -0.1) is 0 Å². The van der Waals surface area contributed by atoms with Gasteiger partial charge in [-0.2, -0.15) is 0 Å². The Labute approximate surface area is 92.5 Å². The maximum absolute atomic E-state index is 10.4. The number of aliphatic hydroxyl groups is 1. The van der Waals surface area contributed by atoms with E-state index in [1.54, 1.807) is 0 Å². The molecule has 2 N–H and O–H groups in total. The number of hydrogen-bond acceptors (Lipinski definition) is 2. The molecule has 1 aromatic carbocycles. The fourth-order valence-corrected chi connectivity index (χ4v) is 2.52. The van der Waals surface area contributed by atoms with Crippen molar-refractivity contribution in [3.05, 3.63) is 33.8 Å². The molecule has 1 aliphatic rings. The van der Waals surface area contributed by atoms with Crippen molar-refractivity contribution in [3.63, 3.8) is 0 Å². The lowest BCUT2D eigenvalue weighted by molar-refractivity contribution is 0.0579. The van der Waals surface area contributed by atoms with Crippen molar-refractivity contribution in [1.82, 2.24) is 5.32 Å². The van der Waals surface area contributed by atoms with Crippen molar-refractivity contribution < 1.29 is 5.11 Å². The Balaban J connectivity index is 2.44. The van der Waals surface area contributed by atoms with Crippen molar-refractivity contribution in [1.29, 1.82) is 0 Å². The van der Waals surface area contributed by atoms with Crippen LogP contribution in [0.5, 0.6) is 0 Å². The Morgan fingerprint density at radius 1 is 1.50 bits per heavy atom. The van der Waals surface area contributed by atoms with Crippen LogP contribution in [0.2, 0.25) is 0 Å². The number of aryl methyl sites for hydroxylation is 1. The van der Waals surface area contributed by atoms with E-state index < -0.39 is 5.60 Å². The molecule has 0 spiro atoms. The summed E-state index contributed by atoms with van der Waals surface area (Å²) in [6.07, 6.45) is 0.787. The minimum absolute atomic E-state index is 0.648. The van der Waals surface area contributed by atoms with Crippen LogP contribution in [-0.2, 0) is 5.60 Å². The molecule has 0 aliphatic carbocycles. The van der Waals surface area contributed by atoms with Gasteiger partial charge in [-0.1, -0.05) is 33.6 Å². The number of hydrogen-bond donors (Lipinski definition) is 2. The van der Waals surface area contributed by atoms with Crippen LogP contribution in [0, 0.1) is 6.92 Å². The van der Waals surface area contributed by atoms with Crippen LogP contribution < -0.4 is 5.32 Å². The molecule has 76 valence electrons. The van der Waals surface area contributed by atoms with Crippen LogP contribution in [0.3, 0.4) is 0 Å². The Morgan fingerprint density at radius 3 is 2.93 bits per heavy atom. The average molecular weight is 256 g/mol. The van der Waals surface area contributed by atoms with Crippen molar-refractivity contribution in [2.75, 3.05) is 13.1 Å². The van der Waals surface area contributed by atoms with E-state index in [0.29, 0.717) is 6.54 Å². The number of rotatable bonds is 1. The fourth-order valence-electron chi connectivity index (χ4n) is 1.90. The average Bonchev–Trinajstić information content (AvgIpc) is 2.58. The summed E-state index contributed by atoms with van der Waals surface area (Å²) in [7, 11) is 0. The molecule has 1 aliphatic heterocycles. The number of halogens is 1. The van der Waals surface area contributed by atoms with Crippen molar-refractivity contribution in [2.45, 2.75) is 18.9 Å². The van der Waals surface area contributed by atoms with Gasteiger partial charge >= 0.3 is 0 Å². The first-order valence-electron chi connectivity index (χ1n) is 4.81. The van der Waals surface area contributed by atoms with Crippen LogP contribution >= 0.6 is 15.9 Å². The van der Waals surface area contributed by atoms with Crippen LogP contribution in [0.25, 0.3) is 0 Å². The molecule has 1 saturated heterocycles. The summed E-state index contributed by atoms with van der Waals surface area (Å²) in [4.78, 5) is 0. The first kappa shape index (κ1) is 10.1. The van der Waals surface area contributed by atoms with Gasteiger partial charge in [0.1, 0.15) is 5.60 Å². The minimum Gasteiger partial charge on any atom is -0.384 e. The van der Waals surface area contributed by atoms with E-state index in [1.165, 1.54) is 5.56 Å². The van der Waals surface area contributed by atoms with Crippen molar-refractivity contribution in [2.24, 2.45) is 0 Å². The molecule has 0 amide bonds. The quantitative estimate of drug-likeness (QED) is 0.804. The first-order chi connectivity index (χ1) is 6.62. The Bertz CT molecular complexity index is 345. The van der Waals surface area contributed by atoms with Gasteiger partial charge in [0.15, 0.2) is 0 Å². The Kier molecular flexibility index (Phi) is 2.64. The lowest BCUT2D eigenvalue weighted by Crippen LogP contribution is -2.28. The third-order valence-corrected chi connectivity index (χ3v) is 3.45. The summed E-state index contributed by atoms with van der Waals surface area (Å²) in [5.41, 5.74) is 1.50. The normalized spacial score (nSPS) is 26.8. The van der Waals surface area contributed by atoms with E-state index in [4.69, 9.17) is 0 Å². The zero-order chi connectivity index (χ0) is 10.2. The second kappa shape index (κ2) is 3.65. The van der Waals surface area contributed by atoms with Crippen molar-refractivity contribution >= 4 is 15.9 Å². The van der Waals surface area contributed by atoms with Gasteiger partial charge in [-0.3, -0.25) is 0 Å². The second-order valence-corrected chi connectivity index (χ2v) is 4.80. The van der Waals surface area contributed by atoms with Crippen molar-refractivity contribution in [3.8, 4) is 0 Å². The summed E-state index contributed by atoms with van der Waals surface area (Å²) in [6.45, 7) is 3.58.